The molecule has 1 aromatic heterocycles. The first-order chi connectivity index (χ1) is 15.3. The number of anilines is 1. The zero-order valence-electron chi connectivity index (χ0n) is 17.0. The highest BCUT2D eigenvalue weighted by Crippen LogP contribution is 2.36. The Labute approximate surface area is 187 Å². The summed E-state index contributed by atoms with van der Waals surface area (Å²) in [5.74, 6) is -1.60. The van der Waals surface area contributed by atoms with E-state index in [2.05, 4.69) is 15.7 Å². The van der Waals surface area contributed by atoms with Crippen LogP contribution in [0.3, 0.4) is 0 Å². The lowest BCUT2D eigenvalue weighted by atomic mass is 10.0. The Morgan fingerprint density at radius 3 is 2.72 bits per heavy atom. The molecule has 32 heavy (non-hydrogen) atoms. The van der Waals surface area contributed by atoms with Crippen LogP contribution in [0.2, 0.25) is 5.02 Å². The van der Waals surface area contributed by atoms with Crippen molar-refractivity contribution in [2.75, 3.05) is 5.32 Å². The number of hydrogen-bond acceptors (Lipinski definition) is 4. The Bertz CT molecular complexity index is 1200. The summed E-state index contributed by atoms with van der Waals surface area (Å²) in [6.45, 7) is 0.0209. The van der Waals surface area contributed by atoms with Gasteiger partial charge in [-0.2, -0.15) is 5.10 Å². The summed E-state index contributed by atoms with van der Waals surface area (Å²) in [7, 11) is 1.73. The highest BCUT2D eigenvalue weighted by atomic mass is 35.5. The standard InChI is InChI=1S/C22H19ClF2N4O3/c1-29-13(8-9-26-29)11-32-22(31)28-19-7-4-14-15(3-6-18(25)20(14)19)21(30)27-12-2-5-17(24)16(23)10-12/h2-3,5-6,8-10,19H,4,7,11H2,1H3,(H,27,30)(H,28,31)/t19-/m0/s1. The molecular weight excluding hydrogens is 442 g/mol. The minimum Gasteiger partial charge on any atom is -0.443 e. The van der Waals surface area contributed by atoms with Crippen LogP contribution in [0.5, 0.6) is 0 Å². The van der Waals surface area contributed by atoms with Crippen LogP contribution in [-0.4, -0.2) is 21.8 Å². The van der Waals surface area contributed by atoms with Gasteiger partial charge in [0.15, 0.2) is 0 Å². The molecule has 1 aliphatic rings. The SMILES string of the molecule is Cn1nccc1COC(=O)N[C@H]1CCc2c(C(=O)Nc3ccc(F)c(Cl)c3)ccc(F)c21. The second-order valence-corrected chi connectivity index (χ2v) is 7.74. The number of amides is 2. The maximum absolute atomic E-state index is 14.6. The van der Waals surface area contributed by atoms with Crippen molar-refractivity contribution < 1.29 is 23.1 Å². The van der Waals surface area contributed by atoms with Crippen molar-refractivity contribution in [2.24, 2.45) is 7.05 Å². The Morgan fingerprint density at radius 1 is 1.22 bits per heavy atom. The number of fused-ring (bicyclic) bond motifs is 1. The fourth-order valence-corrected chi connectivity index (χ4v) is 3.89. The van der Waals surface area contributed by atoms with Crippen LogP contribution >= 0.6 is 11.6 Å². The quantitative estimate of drug-likeness (QED) is 0.586. The summed E-state index contributed by atoms with van der Waals surface area (Å²) in [5, 5.41) is 9.18. The number of carbonyl (C=O) groups is 2. The molecule has 0 bridgehead atoms. The van der Waals surface area contributed by atoms with Crippen LogP contribution in [0, 0.1) is 11.6 Å². The maximum atomic E-state index is 14.6. The predicted octanol–water partition coefficient (Wildman–Crippen LogP) is 4.52. The Hall–Kier alpha value is -3.46. The van der Waals surface area contributed by atoms with Crippen LogP contribution in [0.25, 0.3) is 0 Å². The summed E-state index contributed by atoms with van der Waals surface area (Å²) in [6, 6.07) is 7.48. The monoisotopic (exact) mass is 460 g/mol. The Morgan fingerprint density at radius 2 is 2.00 bits per heavy atom. The molecule has 4 rings (SSSR count). The van der Waals surface area contributed by atoms with E-state index >= 15 is 0 Å². The van der Waals surface area contributed by atoms with Gasteiger partial charge < -0.3 is 15.4 Å². The highest BCUT2D eigenvalue weighted by molar-refractivity contribution is 6.31. The van der Waals surface area contributed by atoms with Gasteiger partial charge in [0.05, 0.1) is 16.8 Å². The second-order valence-electron chi connectivity index (χ2n) is 7.33. The van der Waals surface area contributed by atoms with Crippen LogP contribution in [-0.2, 0) is 24.8 Å². The van der Waals surface area contributed by atoms with Crippen molar-refractivity contribution in [3.63, 3.8) is 0 Å². The molecule has 2 N–H and O–H groups in total. The van der Waals surface area contributed by atoms with E-state index in [-0.39, 0.29) is 22.8 Å². The van der Waals surface area contributed by atoms with Crippen LogP contribution in [0.15, 0.2) is 42.6 Å². The van der Waals surface area contributed by atoms with Gasteiger partial charge in [-0.1, -0.05) is 11.6 Å². The first-order valence-corrected chi connectivity index (χ1v) is 10.2. The van der Waals surface area contributed by atoms with Crippen molar-refractivity contribution in [1.82, 2.24) is 15.1 Å². The lowest BCUT2D eigenvalue weighted by molar-refractivity contribution is 0.102. The van der Waals surface area contributed by atoms with Gasteiger partial charge in [-0.3, -0.25) is 9.48 Å². The van der Waals surface area contributed by atoms with Gasteiger partial charge in [-0.15, -0.1) is 0 Å². The molecule has 3 aromatic rings. The molecule has 1 heterocycles. The van der Waals surface area contributed by atoms with Gasteiger partial charge in [0.25, 0.3) is 5.91 Å². The van der Waals surface area contributed by atoms with E-state index < -0.39 is 29.7 Å². The van der Waals surface area contributed by atoms with Crippen LogP contribution in [0.1, 0.15) is 39.6 Å². The zero-order chi connectivity index (χ0) is 22.8. The van der Waals surface area contributed by atoms with Crippen molar-refractivity contribution in [2.45, 2.75) is 25.5 Å². The molecule has 1 atom stereocenters. The Balaban J connectivity index is 1.48. The molecule has 10 heteroatoms. The number of aromatic nitrogens is 2. The molecule has 7 nitrogen and oxygen atoms in total. The van der Waals surface area contributed by atoms with Gasteiger partial charge in [-0.05, 0) is 54.8 Å². The largest absolute Gasteiger partial charge is 0.443 e. The predicted molar refractivity (Wildman–Crippen MR) is 113 cm³/mol. The van der Waals surface area contributed by atoms with E-state index in [0.717, 1.165) is 6.07 Å². The van der Waals surface area contributed by atoms with Gasteiger partial charge in [0.2, 0.25) is 0 Å². The average Bonchev–Trinajstić information content (AvgIpc) is 3.36. The normalized spacial score (nSPS) is 14.7. The van der Waals surface area contributed by atoms with Crippen molar-refractivity contribution in [3.8, 4) is 0 Å². The van der Waals surface area contributed by atoms with Crippen LogP contribution in [0.4, 0.5) is 19.3 Å². The topological polar surface area (TPSA) is 85.2 Å². The number of hydrogen-bond donors (Lipinski definition) is 2. The molecule has 0 aliphatic heterocycles. The minimum atomic E-state index is -0.695. The molecule has 1 aliphatic carbocycles. The third-order valence-corrected chi connectivity index (χ3v) is 5.61. The number of halogens is 3. The Kier molecular flexibility index (Phi) is 6.09. The molecule has 0 saturated heterocycles. The molecule has 0 unspecified atom stereocenters. The lowest BCUT2D eigenvalue weighted by Crippen LogP contribution is -2.28. The van der Waals surface area contributed by atoms with E-state index in [1.165, 1.54) is 24.3 Å². The fourth-order valence-electron chi connectivity index (χ4n) is 3.71. The zero-order valence-corrected chi connectivity index (χ0v) is 17.7. The third-order valence-electron chi connectivity index (χ3n) is 5.32. The number of aryl methyl sites for hydroxylation is 1. The molecule has 0 saturated carbocycles. The summed E-state index contributed by atoms with van der Waals surface area (Å²) >= 11 is 5.76. The minimum absolute atomic E-state index is 0.0209. The maximum Gasteiger partial charge on any atom is 0.408 e. The number of alkyl carbamates (subject to hydrolysis) is 1. The molecule has 2 aromatic carbocycles. The van der Waals surface area contributed by atoms with E-state index in [0.29, 0.717) is 29.8 Å². The number of benzene rings is 2. The lowest BCUT2D eigenvalue weighted by Gasteiger charge is -2.16. The summed E-state index contributed by atoms with van der Waals surface area (Å²) < 4.78 is 34.8. The number of rotatable bonds is 5. The van der Waals surface area contributed by atoms with Crippen molar-refractivity contribution in [1.29, 1.82) is 0 Å². The van der Waals surface area contributed by atoms with E-state index in [4.69, 9.17) is 16.3 Å². The molecule has 2 amide bonds. The highest BCUT2D eigenvalue weighted by Gasteiger charge is 2.31. The van der Waals surface area contributed by atoms with E-state index in [9.17, 15) is 18.4 Å². The smallest absolute Gasteiger partial charge is 0.408 e. The van der Waals surface area contributed by atoms with Crippen molar-refractivity contribution >= 4 is 29.3 Å². The van der Waals surface area contributed by atoms with Crippen LogP contribution < -0.4 is 10.6 Å². The number of nitrogens with one attached hydrogen (secondary N) is 2. The van der Waals surface area contributed by atoms with Gasteiger partial charge >= 0.3 is 6.09 Å². The fraction of sp³-hybridized carbons (Fsp3) is 0.227. The number of nitrogens with zero attached hydrogens (tertiary/aromatic N) is 2. The molecule has 0 spiro atoms. The molecule has 166 valence electrons. The third kappa shape index (κ3) is 4.43. The molecular formula is C22H19ClF2N4O3. The van der Waals surface area contributed by atoms with E-state index in [1.807, 2.05) is 0 Å². The molecule has 0 radical (unpaired) electrons. The number of carbonyl (C=O) groups excluding carboxylic acids is 2. The average molecular weight is 461 g/mol. The number of ether oxygens (including phenoxy) is 1. The van der Waals surface area contributed by atoms with Gasteiger partial charge in [0.1, 0.15) is 18.2 Å². The van der Waals surface area contributed by atoms with E-state index in [1.54, 1.807) is 24.0 Å². The second kappa shape index (κ2) is 8.96. The summed E-state index contributed by atoms with van der Waals surface area (Å²) in [4.78, 5) is 25.0. The van der Waals surface area contributed by atoms with Gasteiger partial charge in [-0.25, -0.2) is 13.6 Å². The summed E-state index contributed by atoms with van der Waals surface area (Å²) in [6.07, 6.45) is 1.71. The summed E-state index contributed by atoms with van der Waals surface area (Å²) in [5.41, 5.74) is 2.05. The van der Waals surface area contributed by atoms with Crippen molar-refractivity contribution in [3.05, 3.63) is 81.6 Å². The van der Waals surface area contributed by atoms with Gasteiger partial charge in [0, 0.05) is 30.1 Å². The first-order valence-electron chi connectivity index (χ1n) is 9.81. The first kappa shape index (κ1) is 21.8. The molecule has 0 fully saturated rings.